The lowest BCUT2D eigenvalue weighted by molar-refractivity contribution is -0.134. The zero-order valence-corrected chi connectivity index (χ0v) is 39.8. The van der Waals surface area contributed by atoms with Crippen molar-refractivity contribution < 1.29 is 33.8 Å². The molecule has 17 heteroatoms. The number of nitrogens with one attached hydrogen (secondary N) is 3. The smallest absolute Gasteiger partial charge is 0.355 e. The molecule has 358 valence electrons. The summed E-state index contributed by atoms with van der Waals surface area (Å²) in [6, 6.07) is 28.4. The summed E-state index contributed by atoms with van der Waals surface area (Å²) < 4.78 is 9.03. The number of carboxylic acids is 1. The Kier molecular flexibility index (Phi) is 13.1. The van der Waals surface area contributed by atoms with E-state index in [1.165, 1.54) is 11.3 Å². The van der Waals surface area contributed by atoms with Gasteiger partial charge in [0.2, 0.25) is 17.7 Å². The highest BCUT2D eigenvalue weighted by atomic mass is 32.1. The summed E-state index contributed by atoms with van der Waals surface area (Å²) in [5, 5.41) is 24.9. The van der Waals surface area contributed by atoms with E-state index < -0.39 is 11.9 Å². The predicted molar refractivity (Wildman–Crippen MR) is 268 cm³/mol. The quantitative estimate of drug-likeness (QED) is 0.0604. The fourth-order valence-corrected chi connectivity index (χ4v) is 11.1. The number of aromatic carboxylic acids is 1. The molecule has 1 unspecified atom stereocenters. The molecule has 0 aliphatic carbocycles. The zero-order valence-electron chi connectivity index (χ0n) is 39.0. The van der Waals surface area contributed by atoms with Gasteiger partial charge in [-0.3, -0.25) is 39.4 Å². The molecule has 0 bridgehead atoms. The van der Waals surface area contributed by atoms with Crippen LogP contribution in [0.2, 0.25) is 0 Å². The summed E-state index contributed by atoms with van der Waals surface area (Å²) in [4.78, 5) is 77.5. The Morgan fingerprint density at radius 1 is 0.914 bits per heavy atom. The number of carbonyl (C=O) groups excluding carboxylic acids is 4. The molecule has 7 aromatic rings. The zero-order chi connectivity index (χ0) is 48.5. The standard InChI is InChI=1S/C53H53N9O7S/c1-31-35(36-19-21-45(56-49(36)52(67)68)62-25-23-33-11-5-13-37(40(33)29-62)50(65)58-53-55-41-14-3-4-16-44(41)70-53)12-6-15-43(31)69-26-8-10-32-9-7-24-61(28-32)30-47(64)54-34-17-18-38-42(27-34)60(2)59-48(38)39-20-22-46(63)57-51(39)66/h3-6,11-19,21,27,32,39H,7-10,20,22-26,28-30H2,1-2H3,(H,54,64)(H,67,68)(H,55,58,65)(H,57,63,66)/t32-,39?/m1/s1. The van der Waals surface area contributed by atoms with E-state index >= 15 is 0 Å². The molecule has 3 aromatic heterocycles. The Bertz CT molecular complexity index is 3170. The Balaban J connectivity index is 0.732. The molecule has 2 fully saturated rings. The number of aryl methyl sites for hydroxylation is 1. The van der Waals surface area contributed by atoms with Crippen molar-refractivity contribution >= 4 is 78.7 Å². The average Bonchev–Trinajstić information content (AvgIpc) is 3.92. The molecule has 6 heterocycles. The number of thiazole rings is 1. The van der Waals surface area contributed by atoms with Gasteiger partial charge in [0.15, 0.2) is 10.8 Å². The second-order valence-electron chi connectivity index (χ2n) is 18.4. The van der Waals surface area contributed by atoms with Crippen LogP contribution in [0.15, 0.2) is 91.0 Å². The SMILES string of the molecule is Cc1c(OCCC[C@H]2CCCN(CC(=O)Nc3ccc4c(C5CCC(=O)NC5=O)nn(C)c4c3)C2)cccc1-c1ccc(N2CCc3cccc(C(=O)Nc4nc5ccccc5s4)c3C2)nc1C(=O)O. The highest BCUT2D eigenvalue weighted by Gasteiger charge is 2.32. The first-order valence-corrected chi connectivity index (χ1v) is 24.6. The summed E-state index contributed by atoms with van der Waals surface area (Å²) in [5.41, 5.74) is 7.38. The monoisotopic (exact) mass is 959 g/mol. The minimum Gasteiger partial charge on any atom is -0.493 e. The summed E-state index contributed by atoms with van der Waals surface area (Å²) in [6.07, 6.45) is 5.19. The van der Waals surface area contributed by atoms with Gasteiger partial charge < -0.3 is 20.1 Å². The molecule has 4 aromatic carbocycles. The lowest BCUT2D eigenvalue weighted by Crippen LogP contribution is -2.40. The van der Waals surface area contributed by atoms with E-state index in [-0.39, 0.29) is 42.3 Å². The van der Waals surface area contributed by atoms with Gasteiger partial charge in [0.1, 0.15) is 11.6 Å². The third-order valence-electron chi connectivity index (χ3n) is 13.7. The molecule has 0 saturated carbocycles. The minimum absolute atomic E-state index is 0.0592. The number of carbonyl (C=O) groups is 5. The fraction of sp³-hybridized carbons (Fsp3) is 0.321. The van der Waals surface area contributed by atoms with E-state index in [9.17, 15) is 29.1 Å². The number of imide groups is 1. The number of hydrogen-bond donors (Lipinski definition) is 4. The number of nitrogens with zero attached hydrogens (tertiary/aromatic N) is 6. The summed E-state index contributed by atoms with van der Waals surface area (Å²) in [7, 11) is 1.80. The lowest BCUT2D eigenvalue weighted by atomic mass is 9.93. The number of piperidine rings is 2. The van der Waals surface area contributed by atoms with Crippen LogP contribution < -0.4 is 25.6 Å². The Morgan fingerprint density at radius 3 is 2.61 bits per heavy atom. The second-order valence-corrected chi connectivity index (χ2v) is 19.4. The maximum atomic E-state index is 13.6. The van der Waals surface area contributed by atoms with E-state index in [0.29, 0.717) is 77.7 Å². The molecular weight excluding hydrogens is 907 g/mol. The van der Waals surface area contributed by atoms with Gasteiger partial charge in [-0.2, -0.15) is 5.10 Å². The molecule has 0 radical (unpaired) electrons. The first kappa shape index (κ1) is 46.2. The van der Waals surface area contributed by atoms with Crippen LogP contribution in [0.4, 0.5) is 16.6 Å². The van der Waals surface area contributed by atoms with Crippen LogP contribution in [-0.2, 0) is 34.4 Å². The van der Waals surface area contributed by atoms with Crippen molar-refractivity contribution in [1.82, 2.24) is 30.0 Å². The third-order valence-corrected chi connectivity index (χ3v) is 14.7. The average molecular weight is 960 g/mol. The summed E-state index contributed by atoms with van der Waals surface area (Å²) >= 11 is 1.42. The number of pyridine rings is 1. The third kappa shape index (κ3) is 9.71. The van der Waals surface area contributed by atoms with Gasteiger partial charge in [0.05, 0.1) is 40.5 Å². The van der Waals surface area contributed by atoms with Gasteiger partial charge in [0.25, 0.3) is 5.91 Å². The molecule has 4 amide bonds. The van der Waals surface area contributed by atoms with Crippen molar-refractivity contribution in [1.29, 1.82) is 0 Å². The van der Waals surface area contributed by atoms with Gasteiger partial charge >= 0.3 is 5.97 Å². The van der Waals surface area contributed by atoms with Crippen molar-refractivity contribution in [2.75, 3.05) is 48.3 Å². The van der Waals surface area contributed by atoms with E-state index in [2.05, 4.69) is 30.9 Å². The van der Waals surface area contributed by atoms with Crippen LogP contribution in [0.3, 0.4) is 0 Å². The normalized spacial score (nSPS) is 17.3. The van der Waals surface area contributed by atoms with Crippen LogP contribution in [-0.4, -0.2) is 92.1 Å². The second kappa shape index (κ2) is 19.8. The number of para-hydroxylation sites is 1. The maximum Gasteiger partial charge on any atom is 0.355 e. The lowest BCUT2D eigenvalue weighted by Gasteiger charge is -2.32. The number of likely N-dealkylation sites (tertiary alicyclic amines) is 1. The molecule has 70 heavy (non-hydrogen) atoms. The number of rotatable bonds is 14. The molecule has 2 saturated heterocycles. The van der Waals surface area contributed by atoms with Crippen LogP contribution >= 0.6 is 11.3 Å². The van der Waals surface area contributed by atoms with Crippen LogP contribution in [0.1, 0.15) is 87.7 Å². The van der Waals surface area contributed by atoms with Gasteiger partial charge in [0, 0.05) is 55.3 Å². The minimum atomic E-state index is -1.14. The topological polar surface area (TPSA) is 201 Å². The molecule has 4 N–H and O–H groups in total. The van der Waals surface area contributed by atoms with E-state index in [4.69, 9.17) is 9.72 Å². The fourth-order valence-electron chi connectivity index (χ4n) is 10.2. The van der Waals surface area contributed by atoms with Gasteiger partial charge in [-0.15, -0.1) is 0 Å². The largest absolute Gasteiger partial charge is 0.493 e. The maximum absolute atomic E-state index is 13.6. The number of benzene rings is 4. The van der Waals surface area contributed by atoms with Crippen LogP contribution in [0, 0.1) is 12.8 Å². The van der Waals surface area contributed by atoms with Gasteiger partial charge in [-0.1, -0.05) is 47.7 Å². The first-order chi connectivity index (χ1) is 33.9. The van der Waals surface area contributed by atoms with Crippen molar-refractivity contribution in [3.05, 3.63) is 125 Å². The number of anilines is 3. The number of hydrogen-bond acceptors (Lipinski definition) is 12. The van der Waals surface area contributed by atoms with E-state index in [1.54, 1.807) is 11.7 Å². The highest BCUT2D eigenvalue weighted by molar-refractivity contribution is 7.22. The molecule has 2 atom stereocenters. The Morgan fingerprint density at radius 2 is 1.77 bits per heavy atom. The summed E-state index contributed by atoms with van der Waals surface area (Å²) in [5.74, 6) is -0.964. The molecule has 10 rings (SSSR count). The van der Waals surface area contributed by atoms with Crippen molar-refractivity contribution in [3.8, 4) is 16.9 Å². The van der Waals surface area contributed by atoms with Crippen LogP contribution in [0.5, 0.6) is 5.75 Å². The number of carboxylic acid groups (broad SMARTS) is 1. The van der Waals surface area contributed by atoms with Crippen LogP contribution in [0.25, 0.3) is 32.2 Å². The summed E-state index contributed by atoms with van der Waals surface area (Å²) in [6.45, 7) is 5.35. The van der Waals surface area contributed by atoms with E-state index in [0.717, 1.165) is 82.1 Å². The first-order valence-electron chi connectivity index (χ1n) is 23.8. The number of aromatic nitrogens is 4. The van der Waals surface area contributed by atoms with Gasteiger partial charge in [-0.25, -0.2) is 14.8 Å². The molecular formula is C53H53N9O7S. The molecule has 16 nitrogen and oxygen atoms in total. The van der Waals surface area contributed by atoms with Crippen molar-refractivity contribution in [2.24, 2.45) is 13.0 Å². The Labute approximate surface area is 408 Å². The number of amides is 4. The molecule has 0 spiro atoms. The highest BCUT2D eigenvalue weighted by Crippen LogP contribution is 2.36. The number of fused-ring (bicyclic) bond motifs is 3. The van der Waals surface area contributed by atoms with E-state index in [1.807, 2.05) is 103 Å². The predicted octanol–water partition coefficient (Wildman–Crippen LogP) is 8.10. The molecule has 3 aliphatic rings. The number of ether oxygens (including phenoxy) is 1. The van der Waals surface area contributed by atoms with Crippen molar-refractivity contribution in [2.45, 2.75) is 64.3 Å². The van der Waals surface area contributed by atoms with Crippen molar-refractivity contribution in [3.63, 3.8) is 0 Å². The Hall–Kier alpha value is -7.50. The molecule has 3 aliphatic heterocycles. The van der Waals surface area contributed by atoms with Gasteiger partial charge in [-0.05, 0) is 135 Å².